The van der Waals surface area contributed by atoms with Gasteiger partial charge in [-0.15, -0.1) is 4.73 Å². The highest BCUT2D eigenvalue weighted by atomic mass is 16.5. The summed E-state index contributed by atoms with van der Waals surface area (Å²) >= 11 is 0. The Labute approximate surface area is 153 Å². The molecular weight excluding hydrogens is 342 g/mol. The van der Waals surface area contributed by atoms with Crippen LogP contribution in [0, 0.1) is 11.3 Å². The largest absolute Gasteiger partial charge is 0.422 e. The van der Waals surface area contributed by atoms with Crippen molar-refractivity contribution in [1.82, 2.24) is 14.7 Å². The third kappa shape index (κ3) is 3.07. The van der Waals surface area contributed by atoms with E-state index in [1.54, 1.807) is 18.2 Å². The van der Waals surface area contributed by atoms with Crippen molar-refractivity contribution in [3.05, 3.63) is 82.9 Å². The molecule has 0 unspecified atom stereocenters. The Morgan fingerprint density at radius 1 is 1.04 bits per heavy atom. The van der Waals surface area contributed by atoms with Gasteiger partial charge in [0, 0.05) is 11.9 Å². The summed E-state index contributed by atoms with van der Waals surface area (Å²) in [4.78, 5) is 19.7. The van der Waals surface area contributed by atoms with Crippen LogP contribution in [0.3, 0.4) is 0 Å². The highest BCUT2D eigenvalue weighted by Crippen LogP contribution is 2.25. The maximum atomic E-state index is 11.8. The molecule has 0 saturated heterocycles. The second-order valence-electron chi connectivity index (χ2n) is 5.82. The summed E-state index contributed by atoms with van der Waals surface area (Å²) in [7, 11) is 0. The number of nitriles is 1. The van der Waals surface area contributed by atoms with Crippen LogP contribution in [0.15, 0.2) is 71.7 Å². The molecule has 130 valence electrons. The lowest BCUT2D eigenvalue weighted by atomic mass is 10.0. The lowest BCUT2D eigenvalue weighted by molar-refractivity contribution is 0.182. The highest BCUT2D eigenvalue weighted by molar-refractivity contribution is 5.88. The highest BCUT2D eigenvalue weighted by Gasteiger charge is 2.11. The molecular formula is C20H13N5O2. The number of aromatic nitrogens is 3. The summed E-state index contributed by atoms with van der Waals surface area (Å²) in [6.45, 7) is 0. The smallest absolute Gasteiger partial charge is 0.384 e. The molecule has 0 spiro atoms. The van der Waals surface area contributed by atoms with E-state index in [9.17, 15) is 10.0 Å². The van der Waals surface area contributed by atoms with Crippen molar-refractivity contribution in [2.24, 2.45) is 0 Å². The molecule has 2 aromatic carbocycles. The third-order valence-electron chi connectivity index (χ3n) is 4.10. The predicted molar refractivity (Wildman–Crippen MR) is 101 cm³/mol. The van der Waals surface area contributed by atoms with Gasteiger partial charge in [0.2, 0.25) is 0 Å². The van der Waals surface area contributed by atoms with E-state index in [0.29, 0.717) is 21.5 Å². The number of nitrogens with one attached hydrogen (secondary N) is 1. The van der Waals surface area contributed by atoms with Crippen molar-refractivity contribution < 1.29 is 5.21 Å². The van der Waals surface area contributed by atoms with Crippen LogP contribution in [0.5, 0.6) is 0 Å². The van der Waals surface area contributed by atoms with Crippen LogP contribution in [-0.2, 0) is 0 Å². The molecule has 2 aromatic heterocycles. The molecule has 0 aliphatic rings. The normalized spacial score (nSPS) is 10.5. The summed E-state index contributed by atoms with van der Waals surface area (Å²) in [5.41, 5.74) is 2.54. The number of hydrogen-bond acceptors (Lipinski definition) is 6. The second-order valence-corrected chi connectivity index (χ2v) is 5.82. The average Bonchev–Trinajstić information content (AvgIpc) is 2.72. The molecule has 0 aliphatic heterocycles. The first-order valence-electron chi connectivity index (χ1n) is 8.10. The number of anilines is 2. The second kappa shape index (κ2) is 6.61. The van der Waals surface area contributed by atoms with E-state index in [2.05, 4.69) is 21.4 Å². The van der Waals surface area contributed by atoms with Crippen LogP contribution >= 0.6 is 0 Å². The van der Waals surface area contributed by atoms with E-state index >= 15 is 0 Å². The van der Waals surface area contributed by atoms with Gasteiger partial charge in [0.25, 0.3) is 0 Å². The molecule has 27 heavy (non-hydrogen) atoms. The Balaban J connectivity index is 1.68. The van der Waals surface area contributed by atoms with Crippen LogP contribution in [0.4, 0.5) is 11.5 Å². The minimum atomic E-state index is -0.811. The van der Waals surface area contributed by atoms with Gasteiger partial charge in [-0.1, -0.05) is 24.3 Å². The molecule has 0 radical (unpaired) electrons. The van der Waals surface area contributed by atoms with Crippen molar-refractivity contribution in [2.45, 2.75) is 0 Å². The molecule has 7 heteroatoms. The molecule has 7 nitrogen and oxygen atoms in total. The Bertz CT molecular complexity index is 1240. The summed E-state index contributed by atoms with van der Waals surface area (Å²) < 4.78 is 0.422. The van der Waals surface area contributed by atoms with E-state index in [1.165, 1.54) is 6.20 Å². The number of fused-ring (bicyclic) bond motifs is 1. The van der Waals surface area contributed by atoms with Gasteiger partial charge in [0.15, 0.2) is 5.65 Å². The van der Waals surface area contributed by atoms with Gasteiger partial charge in [-0.25, -0.2) is 9.78 Å². The van der Waals surface area contributed by atoms with Gasteiger partial charge in [-0.2, -0.15) is 10.2 Å². The SMILES string of the molecule is N#Cc1cccc(-c2ccc(Nc3nc(=O)n(O)c4ncccc34)cc2)c1. The first-order chi connectivity index (χ1) is 13.2. The van der Waals surface area contributed by atoms with Gasteiger partial charge in [0.1, 0.15) is 5.82 Å². The van der Waals surface area contributed by atoms with Gasteiger partial charge in [0.05, 0.1) is 17.0 Å². The molecule has 0 fully saturated rings. The van der Waals surface area contributed by atoms with E-state index in [-0.39, 0.29) is 5.65 Å². The zero-order valence-corrected chi connectivity index (χ0v) is 14.0. The van der Waals surface area contributed by atoms with Crippen LogP contribution in [-0.4, -0.2) is 19.9 Å². The lowest BCUT2D eigenvalue weighted by Crippen LogP contribution is -2.23. The number of pyridine rings is 1. The molecule has 0 amide bonds. The summed E-state index contributed by atoms with van der Waals surface area (Å²) in [6, 6.07) is 20.4. The molecule has 4 rings (SSSR count). The molecule has 0 atom stereocenters. The maximum Gasteiger partial charge on any atom is 0.384 e. The van der Waals surface area contributed by atoms with E-state index in [4.69, 9.17) is 5.26 Å². The Kier molecular flexibility index (Phi) is 3.99. The number of nitrogens with zero attached hydrogens (tertiary/aromatic N) is 4. The average molecular weight is 355 g/mol. The van der Waals surface area contributed by atoms with Crippen molar-refractivity contribution >= 4 is 22.5 Å². The zero-order chi connectivity index (χ0) is 18.8. The maximum absolute atomic E-state index is 11.8. The van der Waals surface area contributed by atoms with Gasteiger partial charge < -0.3 is 10.5 Å². The van der Waals surface area contributed by atoms with Crippen molar-refractivity contribution in [1.29, 1.82) is 5.26 Å². The molecule has 2 N–H and O–H groups in total. The van der Waals surface area contributed by atoms with Gasteiger partial charge in [-0.3, -0.25) is 0 Å². The van der Waals surface area contributed by atoms with Crippen molar-refractivity contribution in [2.75, 3.05) is 5.32 Å². The summed E-state index contributed by atoms with van der Waals surface area (Å²) in [6.07, 6.45) is 1.49. The minimum Gasteiger partial charge on any atom is -0.422 e. The fourth-order valence-electron chi connectivity index (χ4n) is 2.79. The summed E-state index contributed by atoms with van der Waals surface area (Å²) in [5, 5.41) is 22.4. The topological polar surface area (TPSA) is 104 Å². The van der Waals surface area contributed by atoms with Crippen LogP contribution < -0.4 is 11.0 Å². The molecule has 0 aliphatic carbocycles. The first kappa shape index (κ1) is 16.3. The Morgan fingerprint density at radius 2 is 1.85 bits per heavy atom. The lowest BCUT2D eigenvalue weighted by Gasteiger charge is -2.10. The number of rotatable bonds is 3. The third-order valence-corrected chi connectivity index (χ3v) is 4.10. The van der Waals surface area contributed by atoms with Crippen molar-refractivity contribution in [3.8, 4) is 17.2 Å². The standard InChI is InChI=1S/C20H13N5O2/c21-12-13-3-1-4-15(11-13)14-6-8-16(9-7-14)23-18-17-5-2-10-22-19(17)25(27)20(26)24-18/h1-11,27H,(H,23,24,26). The Hall–Kier alpha value is -4.18. The van der Waals surface area contributed by atoms with Gasteiger partial charge in [-0.05, 0) is 47.5 Å². The molecule has 0 saturated carbocycles. The first-order valence-corrected chi connectivity index (χ1v) is 8.10. The molecule has 4 aromatic rings. The number of benzene rings is 2. The van der Waals surface area contributed by atoms with Gasteiger partial charge >= 0.3 is 5.69 Å². The number of hydrogen-bond donors (Lipinski definition) is 2. The zero-order valence-electron chi connectivity index (χ0n) is 14.0. The van der Waals surface area contributed by atoms with Crippen LogP contribution in [0.2, 0.25) is 0 Å². The van der Waals surface area contributed by atoms with E-state index in [0.717, 1.165) is 16.8 Å². The molecule has 2 heterocycles. The monoisotopic (exact) mass is 355 g/mol. The fourth-order valence-corrected chi connectivity index (χ4v) is 2.79. The predicted octanol–water partition coefficient (Wildman–Crippen LogP) is 3.31. The van der Waals surface area contributed by atoms with Crippen LogP contribution in [0.25, 0.3) is 22.2 Å². The van der Waals surface area contributed by atoms with E-state index in [1.807, 2.05) is 42.5 Å². The van der Waals surface area contributed by atoms with Crippen molar-refractivity contribution in [3.63, 3.8) is 0 Å². The quantitative estimate of drug-likeness (QED) is 0.546. The van der Waals surface area contributed by atoms with E-state index < -0.39 is 5.69 Å². The summed E-state index contributed by atoms with van der Waals surface area (Å²) in [5.74, 6) is 0.313. The minimum absolute atomic E-state index is 0.130. The van der Waals surface area contributed by atoms with Crippen LogP contribution in [0.1, 0.15) is 5.56 Å². The fraction of sp³-hybridized carbons (Fsp3) is 0. The Morgan fingerprint density at radius 3 is 2.63 bits per heavy atom. The molecule has 0 bridgehead atoms.